The Morgan fingerprint density at radius 2 is 2.20 bits per heavy atom. The molecule has 0 saturated carbocycles. The number of hydrogen-bond donors (Lipinski definition) is 1. The van der Waals surface area contributed by atoms with Crippen molar-refractivity contribution >= 4 is 28.6 Å². The summed E-state index contributed by atoms with van der Waals surface area (Å²) in [6, 6.07) is 7.67. The van der Waals surface area contributed by atoms with E-state index in [1.807, 2.05) is 29.6 Å². The SMILES string of the molecule is O=C(O)Cc1sc(-c2cccnc2)nc1-c1cccs1. The van der Waals surface area contributed by atoms with Gasteiger partial charge in [-0.25, -0.2) is 4.98 Å². The molecule has 0 saturated heterocycles. The highest BCUT2D eigenvalue weighted by Crippen LogP contribution is 2.35. The standard InChI is InChI=1S/C14H10N2O2S2/c17-12(18)7-11-13(10-4-2-6-19-10)16-14(20-11)9-3-1-5-15-8-9/h1-6,8H,7H2,(H,17,18). The van der Waals surface area contributed by atoms with Crippen molar-refractivity contribution in [3.63, 3.8) is 0 Å². The Balaban J connectivity index is 2.08. The maximum atomic E-state index is 11.0. The van der Waals surface area contributed by atoms with Crippen molar-refractivity contribution in [1.82, 2.24) is 9.97 Å². The van der Waals surface area contributed by atoms with Gasteiger partial charge in [-0.2, -0.15) is 0 Å². The van der Waals surface area contributed by atoms with E-state index in [-0.39, 0.29) is 6.42 Å². The molecular weight excluding hydrogens is 292 g/mol. The average Bonchev–Trinajstić information content (AvgIpc) is 3.08. The third kappa shape index (κ3) is 2.61. The van der Waals surface area contributed by atoms with Gasteiger partial charge in [0.05, 0.1) is 17.0 Å². The molecule has 0 fully saturated rings. The van der Waals surface area contributed by atoms with Crippen LogP contribution in [-0.4, -0.2) is 21.0 Å². The lowest BCUT2D eigenvalue weighted by Crippen LogP contribution is -1.98. The maximum Gasteiger partial charge on any atom is 0.308 e. The molecule has 0 atom stereocenters. The molecule has 3 rings (SSSR count). The summed E-state index contributed by atoms with van der Waals surface area (Å²) in [6.07, 6.45) is 3.43. The van der Waals surface area contributed by atoms with Crippen LogP contribution in [0, 0.1) is 0 Å². The van der Waals surface area contributed by atoms with E-state index in [9.17, 15) is 4.79 Å². The molecule has 0 radical (unpaired) electrons. The summed E-state index contributed by atoms with van der Waals surface area (Å²) in [4.78, 5) is 21.5. The van der Waals surface area contributed by atoms with Gasteiger partial charge in [0.2, 0.25) is 0 Å². The quantitative estimate of drug-likeness (QED) is 0.800. The first-order chi connectivity index (χ1) is 9.74. The number of aromatic nitrogens is 2. The number of nitrogens with zero attached hydrogens (tertiary/aromatic N) is 2. The summed E-state index contributed by atoms with van der Waals surface area (Å²) in [5.41, 5.74) is 1.68. The van der Waals surface area contributed by atoms with Crippen LogP contribution in [0.2, 0.25) is 0 Å². The summed E-state index contributed by atoms with van der Waals surface area (Å²) < 4.78 is 0. The molecular formula is C14H10N2O2S2. The first-order valence-electron chi connectivity index (χ1n) is 5.90. The Kier molecular flexibility index (Phi) is 3.58. The second-order valence-electron chi connectivity index (χ2n) is 4.08. The molecule has 0 aliphatic heterocycles. The lowest BCUT2D eigenvalue weighted by Gasteiger charge is -1.95. The molecule has 100 valence electrons. The molecule has 0 aliphatic carbocycles. The van der Waals surface area contributed by atoms with Crippen molar-refractivity contribution in [2.45, 2.75) is 6.42 Å². The molecule has 0 unspecified atom stereocenters. The number of thiazole rings is 1. The van der Waals surface area contributed by atoms with E-state index >= 15 is 0 Å². The van der Waals surface area contributed by atoms with E-state index in [1.165, 1.54) is 11.3 Å². The van der Waals surface area contributed by atoms with Crippen molar-refractivity contribution in [2.75, 3.05) is 0 Å². The minimum atomic E-state index is -0.843. The summed E-state index contributed by atoms with van der Waals surface area (Å²) in [5, 5.41) is 11.8. The summed E-state index contributed by atoms with van der Waals surface area (Å²) in [5.74, 6) is -0.843. The highest BCUT2D eigenvalue weighted by Gasteiger charge is 2.17. The zero-order valence-electron chi connectivity index (χ0n) is 10.3. The molecule has 0 bridgehead atoms. The number of aliphatic carboxylic acids is 1. The monoisotopic (exact) mass is 302 g/mol. The van der Waals surface area contributed by atoms with Crippen molar-refractivity contribution in [2.24, 2.45) is 0 Å². The fourth-order valence-corrected chi connectivity index (χ4v) is 3.69. The van der Waals surface area contributed by atoms with Crippen LogP contribution >= 0.6 is 22.7 Å². The van der Waals surface area contributed by atoms with Gasteiger partial charge in [0, 0.05) is 22.8 Å². The third-order valence-corrected chi connectivity index (χ3v) is 4.65. The van der Waals surface area contributed by atoms with Gasteiger partial charge in [0.1, 0.15) is 5.01 Å². The Hall–Kier alpha value is -2.05. The van der Waals surface area contributed by atoms with E-state index in [4.69, 9.17) is 5.11 Å². The molecule has 1 N–H and O–H groups in total. The van der Waals surface area contributed by atoms with E-state index in [0.29, 0.717) is 0 Å². The van der Waals surface area contributed by atoms with E-state index in [2.05, 4.69) is 9.97 Å². The number of carboxylic acids is 1. The van der Waals surface area contributed by atoms with Crippen molar-refractivity contribution < 1.29 is 9.90 Å². The maximum absolute atomic E-state index is 11.0. The first-order valence-corrected chi connectivity index (χ1v) is 7.59. The molecule has 0 aliphatic rings. The number of carboxylic acid groups (broad SMARTS) is 1. The number of rotatable bonds is 4. The highest BCUT2D eigenvalue weighted by atomic mass is 32.1. The van der Waals surface area contributed by atoms with E-state index in [0.717, 1.165) is 26.0 Å². The Morgan fingerprint density at radius 3 is 2.85 bits per heavy atom. The molecule has 3 aromatic rings. The Labute approximate surface area is 123 Å². The van der Waals surface area contributed by atoms with Crippen LogP contribution in [0.4, 0.5) is 0 Å². The third-order valence-electron chi connectivity index (χ3n) is 2.67. The smallest absolute Gasteiger partial charge is 0.308 e. The fourth-order valence-electron chi connectivity index (χ4n) is 1.83. The minimum absolute atomic E-state index is 0.00877. The molecule has 6 heteroatoms. The molecule has 0 spiro atoms. The van der Waals surface area contributed by atoms with Gasteiger partial charge < -0.3 is 5.11 Å². The molecule has 3 aromatic heterocycles. The number of hydrogen-bond acceptors (Lipinski definition) is 5. The van der Waals surface area contributed by atoms with Gasteiger partial charge in [0.25, 0.3) is 0 Å². The van der Waals surface area contributed by atoms with Crippen LogP contribution < -0.4 is 0 Å². The highest BCUT2D eigenvalue weighted by molar-refractivity contribution is 7.17. The number of thiophene rings is 1. The second-order valence-corrected chi connectivity index (χ2v) is 6.11. The molecule has 3 heterocycles. The number of carbonyl (C=O) groups is 1. The van der Waals surface area contributed by atoms with Crippen molar-refractivity contribution in [3.05, 3.63) is 46.9 Å². The van der Waals surface area contributed by atoms with Gasteiger partial charge in [-0.05, 0) is 23.6 Å². The van der Waals surface area contributed by atoms with Crippen molar-refractivity contribution in [3.8, 4) is 21.1 Å². The van der Waals surface area contributed by atoms with Crippen LogP contribution in [0.3, 0.4) is 0 Å². The van der Waals surface area contributed by atoms with Gasteiger partial charge in [0.15, 0.2) is 0 Å². The predicted molar refractivity (Wildman–Crippen MR) is 80.0 cm³/mol. The van der Waals surface area contributed by atoms with Gasteiger partial charge >= 0.3 is 5.97 Å². The molecule has 4 nitrogen and oxygen atoms in total. The van der Waals surface area contributed by atoms with Crippen LogP contribution in [0.25, 0.3) is 21.1 Å². The lowest BCUT2D eigenvalue weighted by molar-refractivity contribution is -0.136. The topological polar surface area (TPSA) is 63.1 Å². The van der Waals surface area contributed by atoms with Gasteiger partial charge in [-0.1, -0.05) is 6.07 Å². The molecule has 0 amide bonds. The van der Waals surface area contributed by atoms with E-state index in [1.54, 1.807) is 23.7 Å². The van der Waals surface area contributed by atoms with Crippen LogP contribution in [0.15, 0.2) is 42.0 Å². The molecule has 20 heavy (non-hydrogen) atoms. The summed E-state index contributed by atoms with van der Waals surface area (Å²) in [6.45, 7) is 0. The van der Waals surface area contributed by atoms with Crippen LogP contribution in [0.5, 0.6) is 0 Å². The largest absolute Gasteiger partial charge is 0.481 e. The zero-order chi connectivity index (χ0) is 13.9. The number of pyridine rings is 1. The average molecular weight is 302 g/mol. The first kappa shape index (κ1) is 13.0. The Bertz CT molecular complexity index is 721. The van der Waals surface area contributed by atoms with Gasteiger partial charge in [-0.15, -0.1) is 22.7 Å². The van der Waals surface area contributed by atoms with Crippen LogP contribution in [0.1, 0.15) is 4.88 Å². The summed E-state index contributed by atoms with van der Waals surface area (Å²) in [7, 11) is 0. The minimum Gasteiger partial charge on any atom is -0.481 e. The van der Waals surface area contributed by atoms with E-state index < -0.39 is 5.97 Å². The normalized spacial score (nSPS) is 10.6. The second kappa shape index (κ2) is 5.52. The lowest BCUT2D eigenvalue weighted by atomic mass is 10.2. The Morgan fingerprint density at radius 1 is 1.30 bits per heavy atom. The van der Waals surface area contributed by atoms with Crippen molar-refractivity contribution in [1.29, 1.82) is 0 Å². The summed E-state index contributed by atoms with van der Waals surface area (Å²) >= 11 is 2.98. The van der Waals surface area contributed by atoms with Crippen LogP contribution in [-0.2, 0) is 11.2 Å². The fraction of sp³-hybridized carbons (Fsp3) is 0.0714. The molecule has 0 aromatic carbocycles. The van der Waals surface area contributed by atoms with Gasteiger partial charge in [-0.3, -0.25) is 9.78 Å². The zero-order valence-corrected chi connectivity index (χ0v) is 11.9. The predicted octanol–water partition coefficient (Wildman–Crippen LogP) is 3.56.